The van der Waals surface area contributed by atoms with Crippen molar-refractivity contribution >= 4 is 11.5 Å². The lowest BCUT2D eigenvalue weighted by Gasteiger charge is -2.05. The SMILES string of the molecule is Cc1nc(NCc2ccon2)cc2n[nH]c(=O)n12. The van der Waals surface area contributed by atoms with Crippen molar-refractivity contribution in [3.8, 4) is 0 Å². The molecule has 8 heteroatoms. The second-order valence-electron chi connectivity index (χ2n) is 3.76. The molecule has 0 radical (unpaired) electrons. The molecule has 0 aromatic carbocycles. The van der Waals surface area contributed by atoms with E-state index in [1.165, 1.54) is 10.7 Å². The van der Waals surface area contributed by atoms with Gasteiger partial charge in [-0.05, 0) is 6.92 Å². The van der Waals surface area contributed by atoms with Crippen LogP contribution < -0.4 is 11.0 Å². The summed E-state index contributed by atoms with van der Waals surface area (Å²) in [6.07, 6.45) is 1.51. The molecule has 3 aromatic heterocycles. The van der Waals surface area contributed by atoms with Crippen LogP contribution in [0.25, 0.3) is 5.65 Å². The van der Waals surface area contributed by atoms with E-state index in [4.69, 9.17) is 4.52 Å². The highest BCUT2D eigenvalue weighted by atomic mass is 16.5. The fourth-order valence-electron chi connectivity index (χ4n) is 1.70. The molecule has 0 spiro atoms. The molecule has 8 nitrogen and oxygen atoms in total. The summed E-state index contributed by atoms with van der Waals surface area (Å²) in [6, 6.07) is 3.45. The van der Waals surface area contributed by atoms with E-state index in [1.807, 2.05) is 0 Å². The number of aryl methyl sites for hydroxylation is 1. The highest BCUT2D eigenvalue weighted by Gasteiger charge is 2.06. The first kappa shape index (κ1) is 10.5. The molecule has 0 aliphatic rings. The van der Waals surface area contributed by atoms with Gasteiger partial charge < -0.3 is 9.84 Å². The number of nitrogens with zero attached hydrogens (tertiary/aromatic N) is 4. The zero-order valence-electron chi connectivity index (χ0n) is 9.54. The Bertz CT molecular complexity index is 726. The van der Waals surface area contributed by atoms with E-state index in [2.05, 4.69) is 25.7 Å². The Morgan fingerprint density at radius 1 is 1.56 bits per heavy atom. The van der Waals surface area contributed by atoms with Gasteiger partial charge in [0.1, 0.15) is 23.6 Å². The maximum atomic E-state index is 11.4. The lowest BCUT2D eigenvalue weighted by Crippen LogP contribution is -2.14. The van der Waals surface area contributed by atoms with Gasteiger partial charge in [-0.3, -0.25) is 0 Å². The number of aromatic amines is 1. The molecule has 3 aromatic rings. The summed E-state index contributed by atoms with van der Waals surface area (Å²) < 4.78 is 6.13. The van der Waals surface area contributed by atoms with E-state index in [-0.39, 0.29) is 5.69 Å². The number of nitrogens with one attached hydrogen (secondary N) is 2. The first-order valence-corrected chi connectivity index (χ1v) is 5.32. The molecule has 0 saturated carbocycles. The van der Waals surface area contributed by atoms with Gasteiger partial charge in [-0.25, -0.2) is 19.3 Å². The van der Waals surface area contributed by atoms with Gasteiger partial charge in [0, 0.05) is 12.1 Å². The first-order chi connectivity index (χ1) is 8.74. The Kier molecular flexibility index (Phi) is 2.33. The topological polar surface area (TPSA) is 101 Å². The van der Waals surface area contributed by atoms with Gasteiger partial charge in [-0.15, -0.1) is 0 Å². The van der Waals surface area contributed by atoms with Crippen molar-refractivity contribution < 1.29 is 4.52 Å². The van der Waals surface area contributed by atoms with Crippen LogP contribution in [0.2, 0.25) is 0 Å². The normalized spacial score (nSPS) is 10.9. The summed E-state index contributed by atoms with van der Waals surface area (Å²) in [5.41, 5.74) is 1.00. The molecule has 0 amide bonds. The number of rotatable bonds is 3. The molecule has 3 heterocycles. The fourth-order valence-corrected chi connectivity index (χ4v) is 1.70. The number of aromatic nitrogens is 5. The third kappa shape index (κ3) is 1.73. The van der Waals surface area contributed by atoms with Gasteiger partial charge in [-0.2, -0.15) is 5.10 Å². The highest BCUT2D eigenvalue weighted by molar-refractivity contribution is 5.49. The molecule has 0 saturated heterocycles. The van der Waals surface area contributed by atoms with Crippen molar-refractivity contribution in [1.82, 2.24) is 24.7 Å². The second-order valence-corrected chi connectivity index (χ2v) is 3.76. The predicted octanol–water partition coefficient (Wildman–Crippen LogP) is 0.326. The number of fused-ring (bicyclic) bond motifs is 1. The molecule has 0 atom stereocenters. The monoisotopic (exact) mass is 246 g/mol. The summed E-state index contributed by atoms with van der Waals surface area (Å²) in [5, 5.41) is 13.1. The van der Waals surface area contributed by atoms with Gasteiger partial charge in [0.05, 0.1) is 6.54 Å². The van der Waals surface area contributed by atoms with Crippen LogP contribution >= 0.6 is 0 Å². The van der Waals surface area contributed by atoms with Crippen molar-refractivity contribution in [3.63, 3.8) is 0 Å². The van der Waals surface area contributed by atoms with E-state index in [9.17, 15) is 4.79 Å². The number of H-pyrrole nitrogens is 1. The number of anilines is 1. The van der Waals surface area contributed by atoms with Crippen molar-refractivity contribution in [2.75, 3.05) is 5.32 Å². The molecule has 3 rings (SSSR count). The molecule has 0 unspecified atom stereocenters. The Morgan fingerprint density at radius 3 is 3.22 bits per heavy atom. The lowest BCUT2D eigenvalue weighted by molar-refractivity contribution is 0.412. The van der Waals surface area contributed by atoms with E-state index in [0.717, 1.165) is 5.69 Å². The maximum absolute atomic E-state index is 11.4. The van der Waals surface area contributed by atoms with E-state index in [0.29, 0.717) is 23.8 Å². The van der Waals surface area contributed by atoms with Gasteiger partial charge in [-0.1, -0.05) is 5.16 Å². The predicted molar refractivity (Wildman–Crippen MR) is 62.2 cm³/mol. The Hall–Kier alpha value is -2.64. The minimum Gasteiger partial charge on any atom is -0.364 e. The molecule has 92 valence electrons. The minimum atomic E-state index is -0.293. The second kappa shape index (κ2) is 3.99. The molecule has 0 aliphatic heterocycles. The molecule has 2 N–H and O–H groups in total. The third-order valence-corrected chi connectivity index (χ3v) is 2.51. The molecule has 0 bridgehead atoms. The number of hydrogen-bond donors (Lipinski definition) is 2. The zero-order valence-corrected chi connectivity index (χ0v) is 9.54. The van der Waals surface area contributed by atoms with E-state index in [1.54, 1.807) is 19.1 Å². The van der Waals surface area contributed by atoms with Crippen molar-refractivity contribution in [2.45, 2.75) is 13.5 Å². The van der Waals surface area contributed by atoms with Gasteiger partial charge in [0.2, 0.25) is 0 Å². The summed E-state index contributed by atoms with van der Waals surface area (Å²) in [6.45, 7) is 2.24. The lowest BCUT2D eigenvalue weighted by atomic mass is 10.4. The summed E-state index contributed by atoms with van der Waals surface area (Å²) in [4.78, 5) is 15.7. The smallest absolute Gasteiger partial charge is 0.349 e. The van der Waals surface area contributed by atoms with Crippen LogP contribution in [-0.4, -0.2) is 24.7 Å². The van der Waals surface area contributed by atoms with Crippen LogP contribution in [0.5, 0.6) is 0 Å². The van der Waals surface area contributed by atoms with Gasteiger partial charge in [0.15, 0.2) is 5.65 Å². The van der Waals surface area contributed by atoms with Crippen LogP contribution in [0.4, 0.5) is 5.82 Å². The molecular formula is C10H10N6O2. The summed E-state index contributed by atoms with van der Waals surface area (Å²) in [5.74, 6) is 1.19. The average Bonchev–Trinajstić information content (AvgIpc) is 2.97. The molecular weight excluding hydrogens is 236 g/mol. The van der Waals surface area contributed by atoms with Crippen molar-refractivity contribution in [1.29, 1.82) is 0 Å². The van der Waals surface area contributed by atoms with Gasteiger partial charge in [0.25, 0.3) is 0 Å². The van der Waals surface area contributed by atoms with Crippen molar-refractivity contribution in [3.05, 3.63) is 40.4 Å². The van der Waals surface area contributed by atoms with Crippen molar-refractivity contribution in [2.24, 2.45) is 0 Å². The fraction of sp³-hybridized carbons (Fsp3) is 0.200. The summed E-state index contributed by atoms with van der Waals surface area (Å²) >= 11 is 0. The summed E-state index contributed by atoms with van der Waals surface area (Å²) in [7, 11) is 0. The molecule has 18 heavy (non-hydrogen) atoms. The molecule has 0 fully saturated rings. The average molecular weight is 246 g/mol. The van der Waals surface area contributed by atoms with E-state index >= 15 is 0 Å². The largest absolute Gasteiger partial charge is 0.364 e. The highest BCUT2D eigenvalue weighted by Crippen LogP contribution is 2.09. The third-order valence-electron chi connectivity index (χ3n) is 2.51. The Morgan fingerprint density at radius 2 is 2.44 bits per heavy atom. The molecule has 0 aliphatic carbocycles. The number of hydrogen-bond acceptors (Lipinski definition) is 6. The standard InChI is InChI=1S/C10H10N6O2/c1-6-12-8(11-5-7-2-3-18-15-7)4-9-13-14-10(17)16(6)9/h2-4,11H,5H2,1H3,(H,14,17). The minimum absolute atomic E-state index is 0.293. The maximum Gasteiger partial charge on any atom is 0.349 e. The van der Waals surface area contributed by atoms with E-state index < -0.39 is 0 Å². The van der Waals surface area contributed by atoms with Gasteiger partial charge >= 0.3 is 5.69 Å². The van der Waals surface area contributed by atoms with Crippen LogP contribution in [0.1, 0.15) is 11.5 Å². The Labute approximate surface area is 101 Å². The quantitative estimate of drug-likeness (QED) is 0.690. The van der Waals surface area contributed by atoms with Crippen LogP contribution in [0.3, 0.4) is 0 Å². The Balaban J connectivity index is 1.91. The van der Waals surface area contributed by atoms with Crippen LogP contribution in [0, 0.1) is 6.92 Å². The first-order valence-electron chi connectivity index (χ1n) is 5.32. The van der Waals surface area contributed by atoms with Crippen LogP contribution in [0.15, 0.2) is 27.7 Å². The zero-order chi connectivity index (χ0) is 12.5. The van der Waals surface area contributed by atoms with Crippen LogP contribution in [-0.2, 0) is 6.54 Å².